The van der Waals surface area contributed by atoms with E-state index in [0.717, 1.165) is 10.5 Å². The molecule has 1 heterocycles. The molecule has 5 amide bonds. The Morgan fingerprint density at radius 1 is 0.833 bits per heavy atom. The number of anilines is 2. The van der Waals surface area contributed by atoms with Crippen molar-refractivity contribution in [3.05, 3.63) is 125 Å². The molecule has 1 aliphatic heterocycles. The Hall–Kier alpha value is -5.41. The van der Waals surface area contributed by atoms with Gasteiger partial charge in [0.15, 0.2) is 6.61 Å². The van der Waals surface area contributed by atoms with E-state index in [-0.39, 0.29) is 23.6 Å². The molecule has 0 aliphatic carbocycles. The smallest absolute Gasteiger partial charge is 0.335 e. The Morgan fingerprint density at radius 2 is 1.52 bits per heavy atom. The number of urea groups is 1. The second kappa shape index (κ2) is 12.8. The maximum atomic E-state index is 13.4. The first kappa shape index (κ1) is 28.1. The summed E-state index contributed by atoms with van der Waals surface area (Å²) in [5.74, 6) is -1.32. The molecule has 1 aliphatic rings. The third-order valence-corrected chi connectivity index (χ3v) is 6.50. The fourth-order valence-electron chi connectivity index (χ4n) is 4.10. The Morgan fingerprint density at radius 3 is 2.29 bits per heavy atom. The van der Waals surface area contributed by atoms with Gasteiger partial charge in [0.1, 0.15) is 23.7 Å². The van der Waals surface area contributed by atoms with Crippen molar-refractivity contribution in [2.24, 2.45) is 0 Å². The van der Waals surface area contributed by atoms with Crippen LogP contribution < -0.4 is 25.0 Å². The van der Waals surface area contributed by atoms with Crippen LogP contribution in [-0.4, -0.2) is 30.4 Å². The van der Waals surface area contributed by atoms with Gasteiger partial charge in [-0.3, -0.25) is 19.7 Å². The van der Waals surface area contributed by atoms with Gasteiger partial charge < -0.3 is 14.8 Å². The van der Waals surface area contributed by atoms with Crippen LogP contribution in [0.5, 0.6) is 11.5 Å². The number of hydrogen-bond donors (Lipinski definition) is 2. The summed E-state index contributed by atoms with van der Waals surface area (Å²) in [6.45, 7) is 0.00268. The zero-order valence-electron chi connectivity index (χ0n) is 22.1. The average molecular weight is 582 g/mol. The van der Waals surface area contributed by atoms with Gasteiger partial charge in [0.05, 0.1) is 16.4 Å². The minimum absolute atomic E-state index is 0.253. The first-order valence-corrected chi connectivity index (χ1v) is 13.2. The van der Waals surface area contributed by atoms with Crippen LogP contribution >= 0.6 is 11.6 Å². The van der Waals surface area contributed by atoms with Crippen molar-refractivity contribution in [1.29, 1.82) is 0 Å². The number of nitrogens with one attached hydrogen (secondary N) is 2. The monoisotopic (exact) mass is 581 g/mol. The summed E-state index contributed by atoms with van der Waals surface area (Å²) >= 11 is 6.09. The number of barbiturate groups is 1. The molecule has 210 valence electrons. The predicted octanol–water partition coefficient (Wildman–Crippen LogP) is 5.60. The average Bonchev–Trinajstić information content (AvgIpc) is 3.00. The van der Waals surface area contributed by atoms with Gasteiger partial charge in [-0.25, -0.2) is 9.69 Å². The van der Waals surface area contributed by atoms with Crippen LogP contribution in [0.25, 0.3) is 6.08 Å². The maximum Gasteiger partial charge on any atom is 0.335 e. The van der Waals surface area contributed by atoms with Gasteiger partial charge in [0.25, 0.3) is 17.7 Å². The summed E-state index contributed by atoms with van der Waals surface area (Å²) in [6, 6.07) is 28.5. The molecule has 0 radical (unpaired) electrons. The van der Waals surface area contributed by atoms with E-state index in [0.29, 0.717) is 28.6 Å². The van der Waals surface area contributed by atoms with Gasteiger partial charge in [-0.15, -0.1) is 0 Å². The van der Waals surface area contributed by atoms with Gasteiger partial charge >= 0.3 is 6.03 Å². The molecule has 0 aromatic heterocycles. The number of halogens is 1. The molecule has 9 nitrogen and oxygen atoms in total. The van der Waals surface area contributed by atoms with Crippen LogP contribution in [0, 0.1) is 0 Å². The van der Waals surface area contributed by atoms with Crippen LogP contribution in [-0.2, 0) is 21.0 Å². The van der Waals surface area contributed by atoms with Crippen LogP contribution in [0.2, 0.25) is 5.02 Å². The van der Waals surface area contributed by atoms with E-state index in [1.807, 2.05) is 30.3 Å². The van der Waals surface area contributed by atoms with Crippen molar-refractivity contribution in [3.8, 4) is 11.5 Å². The number of rotatable bonds is 9. The lowest BCUT2D eigenvalue weighted by Crippen LogP contribution is -2.54. The first-order valence-electron chi connectivity index (χ1n) is 12.8. The van der Waals surface area contributed by atoms with Gasteiger partial charge in [-0.1, -0.05) is 72.3 Å². The van der Waals surface area contributed by atoms with E-state index < -0.39 is 23.8 Å². The normalized spacial score (nSPS) is 14.0. The quantitative estimate of drug-likeness (QED) is 0.196. The van der Waals surface area contributed by atoms with E-state index in [9.17, 15) is 19.2 Å². The number of benzene rings is 4. The lowest BCUT2D eigenvalue weighted by molar-refractivity contribution is -0.122. The highest BCUT2D eigenvalue weighted by atomic mass is 35.5. The molecule has 4 aromatic carbocycles. The molecule has 1 fully saturated rings. The zero-order valence-corrected chi connectivity index (χ0v) is 22.8. The molecular weight excluding hydrogens is 558 g/mol. The van der Waals surface area contributed by atoms with E-state index in [1.165, 1.54) is 6.08 Å². The van der Waals surface area contributed by atoms with E-state index in [1.54, 1.807) is 72.8 Å². The second-order valence-electron chi connectivity index (χ2n) is 9.08. The van der Waals surface area contributed by atoms with Crippen molar-refractivity contribution in [2.45, 2.75) is 6.61 Å². The first-order chi connectivity index (χ1) is 20.4. The van der Waals surface area contributed by atoms with Gasteiger partial charge in [-0.05, 0) is 54.1 Å². The van der Waals surface area contributed by atoms with Crippen LogP contribution in [0.1, 0.15) is 11.1 Å². The number of carbonyl (C=O) groups excluding carboxylic acids is 4. The molecule has 1 saturated heterocycles. The summed E-state index contributed by atoms with van der Waals surface area (Å²) in [5.41, 5.74) is 1.76. The molecule has 0 bridgehead atoms. The van der Waals surface area contributed by atoms with Crippen molar-refractivity contribution in [2.75, 3.05) is 16.8 Å². The summed E-state index contributed by atoms with van der Waals surface area (Å²) < 4.78 is 11.5. The van der Waals surface area contributed by atoms with Crippen LogP contribution in [0.3, 0.4) is 0 Å². The molecule has 0 atom stereocenters. The Labute approximate surface area is 246 Å². The van der Waals surface area contributed by atoms with E-state index in [2.05, 4.69) is 10.6 Å². The van der Waals surface area contributed by atoms with Crippen molar-refractivity contribution >= 4 is 52.8 Å². The molecule has 0 unspecified atom stereocenters. The summed E-state index contributed by atoms with van der Waals surface area (Å²) in [5, 5.41) is 5.24. The topological polar surface area (TPSA) is 114 Å². The Balaban J connectivity index is 1.30. The van der Waals surface area contributed by atoms with E-state index in [4.69, 9.17) is 21.1 Å². The number of para-hydroxylation sites is 2. The summed E-state index contributed by atoms with van der Waals surface area (Å²) in [6.07, 6.45) is 1.32. The minimum atomic E-state index is -0.874. The molecule has 0 spiro atoms. The lowest BCUT2D eigenvalue weighted by atomic mass is 10.1. The fraction of sp³-hybridized carbons (Fsp3) is 0.0625. The SMILES string of the molecule is O=C(COc1ccccc1/C=C1/C(=O)NC(=O)N(c2ccc(OCc3ccccc3)cc2)C1=O)Nc1ccccc1Cl. The molecule has 10 heteroatoms. The standard InChI is InChI=1S/C32H24ClN3O6/c33-26-11-5-6-12-27(26)34-29(37)20-42-28-13-7-4-10-22(28)18-25-30(38)35-32(40)36(31(25)39)23-14-16-24(17-15-23)41-19-21-8-2-1-3-9-21/h1-18H,19-20H2,(H,34,37)(H,35,38,40)/b25-18-. The number of nitrogens with zero attached hydrogens (tertiary/aromatic N) is 1. The maximum absolute atomic E-state index is 13.4. The van der Waals surface area contributed by atoms with Crippen LogP contribution in [0.4, 0.5) is 16.2 Å². The molecule has 0 saturated carbocycles. The lowest BCUT2D eigenvalue weighted by Gasteiger charge is -2.26. The van der Waals surface area contributed by atoms with Gasteiger partial charge in [0.2, 0.25) is 0 Å². The van der Waals surface area contributed by atoms with E-state index >= 15 is 0 Å². The third kappa shape index (κ3) is 6.65. The molecule has 2 N–H and O–H groups in total. The number of hydrogen-bond acceptors (Lipinski definition) is 6. The van der Waals surface area contributed by atoms with Crippen molar-refractivity contribution in [1.82, 2.24) is 5.32 Å². The molecule has 4 aromatic rings. The fourth-order valence-corrected chi connectivity index (χ4v) is 4.29. The molecular formula is C32H24ClN3O6. The predicted molar refractivity (Wildman–Crippen MR) is 158 cm³/mol. The minimum Gasteiger partial charge on any atom is -0.489 e. The van der Waals surface area contributed by atoms with Gasteiger partial charge in [0, 0.05) is 5.56 Å². The second-order valence-corrected chi connectivity index (χ2v) is 9.49. The molecule has 42 heavy (non-hydrogen) atoms. The Kier molecular flexibility index (Phi) is 8.60. The molecule has 5 rings (SSSR count). The van der Waals surface area contributed by atoms with Crippen molar-refractivity contribution in [3.63, 3.8) is 0 Å². The van der Waals surface area contributed by atoms with Crippen molar-refractivity contribution < 1.29 is 28.7 Å². The zero-order chi connectivity index (χ0) is 29.5. The number of ether oxygens (including phenoxy) is 2. The van der Waals surface area contributed by atoms with Crippen LogP contribution in [0.15, 0.2) is 109 Å². The van der Waals surface area contributed by atoms with Gasteiger partial charge in [-0.2, -0.15) is 0 Å². The number of amides is 5. The largest absolute Gasteiger partial charge is 0.489 e. The summed E-state index contributed by atoms with van der Waals surface area (Å²) in [7, 11) is 0. The Bertz CT molecular complexity index is 1670. The number of imide groups is 2. The highest BCUT2D eigenvalue weighted by molar-refractivity contribution is 6.39. The summed E-state index contributed by atoms with van der Waals surface area (Å²) in [4.78, 5) is 52.1. The highest BCUT2D eigenvalue weighted by Gasteiger charge is 2.37. The third-order valence-electron chi connectivity index (χ3n) is 6.17. The number of carbonyl (C=O) groups is 4. The highest BCUT2D eigenvalue weighted by Crippen LogP contribution is 2.27.